The van der Waals surface area contributed by atoms with Gasteiger partial charge in [0.1, 0.15) is 5.82 Å². The fourth-order valence-corrected chi connectivity index (χ4v) is 2.83. The van der Waals surface area contributed by atoms with Crippen molar-refractivity contribution in [1.82, 2.24) is 4.72 Å². The summed E-state index contributed by atoms with van der Waals surface area (Å²) in [5, 5.41) is -0.156. The summed E-state index contributed by atoms with van der Waals surface area (Å²) < 4.78 is 45.3. The average molecular weight is 339 g/mol. The van der Waals surface area contributed by atoms with Crippen LogP contribution in [0, 0.1) is 11.7 Å². The first-order valence-corrected chi connectivity index (χ1v) is 8.39. The zero-order chi connectivity index (χ0) is 16.0. The number of hydrogen-bond acceptors (Lipinski definition) is 4. The van der Waals surface area contributed by atoms with Crippen LogP contribution in [0.4, 0.5) is 4.39 Å². The highest BCUT2D eigenvalue weighted by Crippen LogP contribution is 2.23. The molecular formula is C13H20ClFN2O3S. The van der Waals surface area contributed by atoms with Crippen molar-refractivity contribution in [3.05, 3.63) is 28.5 Å². The van der Waals surface area contributed by atoms with Crippen molar-refractivity contribution in [2.24, 2.45) is 11.7 Å². The van der Waals surface area contributed by atoms with Crippen LogP contribution < -0.4 is 10.5 Å². The molecule has 1 aromatic carbocycles. The minimum atomic E-state index is -3.82. The monoisotopic (exact) mass is 338 g/mol. The largest absolute Gasteiger partial charge is 0.380 e. The Labute approximate surface area is 129 Å². The van der Waals surface area contributed by atoms with Gasteiger partial charge in [0.15, 0.2) is 0 Å². The van der Waals surface area contributed by atoms with Gasteiger partial charge in [-0.2, -0.15) is 0 Å². The molecule has 0 heterocycles. The molecule has 5 nitrogen and oxygen atoms in total. The lowest BCUT2D eigenvalue weighted by molar-refractivity contribution is 0.114. The lowest BCUT2D eigenvalue weighted by Gasteiger charge is -2.11. The van der Waals surface area contributed by atoms with E-state index in [2.05, 4.69) is 4.72 Å². The van der Waals surface area contributed by atoms with E-state index in [4.69, 9.17) is 22.1 Å². The van der Waals surface area contributed by atoms with Gasteiger partial charge in [-0.05, 0) is 23.6 Å². The lowest BCUT2D eigenvalue weighted by Crippen LogP contribution is -2.28. The van der Waals surface area contributed by atoms with E-state index in [1.165, 1.54) is 6.07 Å². The highest BCUT2D eigenvalue weighted by Gasteiger charge is 2.18. The smallest absolute Gasteiger partial charge is 0.240 e. The van der Waals surface area contributed by atoms with E-state index in [-0.39, 0.29) is 35.2 Å². The Morgan fingerprint density at radius 3 is 2.67 bits per heavy atom. The SMILES string of the molecule is CC(C)COCCNS(=O)(=O)c1cc(F)c(Cl)c(CN)c1. The van der Waals surface area contributed by atoms with Crippen molar-refractivity contribution in [3.63, 3.8) is 0 Å². The summed E-state index contributed by atoms with van der Waals surface area (Å²) in [4.78, 5) is -0.200. The number of nitrogens with one attached hydrogen (secondary N) is 1. The van der Waals surface area contributed by atoms with Crippen LogP contribution in [0.3, 0.4) is 0 Å². The van der Waals surface area contributed by atoms with Crippen LogP contribution in [0.15, 0.2) is 17.0 Å². The maximum absolute atomic E-state index is 13.6. The van der Waals surface area contributed by atoms with Crippen LogP contribution in [-0.2, 0) is 21.3 Å². The maximum atomic E-state index is 13.6. The van der Waals surface area contributed by atoms with Gasteiger partial charge in [0.05, 0.1) is 16.5 Å². The number of halogens is 2. The molecule has 0 aromatic heterocycles. The second kappa shape index (κ2) is 8.05. The topological polar surface area (TPSA) is 81.4 Å². The third kappa shape index (κ3) is 5.52. The van der Waals surface area contributed by atoms with E-state index in [0.29, 0.717) is 12.5 Å². The number of rotatable bonds is 8. The Kier molecular flexibility index (Phi) is 7.02. The molecule has 0 aliphatic carbocycles. The summed E-state index contributed by atoms with van der Waals surface area (Å²) in [6, 6.07) is 2.14. The molecule has 0 unspecified atom stereocenters. The molecule has 21 heavy (non-hydrogen) atoms. The second-order valence-electron chi connectivity index (χ2n) is 4.95. The molecule has 0 amide bonds. The van der Waals surface area contributed by atoms with Crippen molar-refractivity contribution in [3.8, 4) is 0 Å². The molecule has 0 saturated heterocycles. The van der Waals surface area contributed by atoms with Gasteiger partial charge in [0, 0.05) is 19.7 Å². The fourth-order valence-electron chi connectivity index (χ4n) is 1.57. The van der Waals surface area contributed by atoms with Gasteiger partial charge in [-0.15, -0.1) is 0 Å². The molecule has 120 valence electrons. The third-order valence-corrected chi connectivity index (χ3v) is 4.46. The predicted octanol–water partition coefficient (Wildman–Crippen LogP) is 1.89. The molecule has 0 saturated carbocycles. The van der Waals surface area contributed by atoms with E-state index in [0.717, 1.165) is 6.07 Å². The first-order chi connectivity index (χ1) is 9.77. The lowest BCUT2D eigenvalue weighted by atomic mass is 10.2. The van der Waals surface area contributed by atoms with Gasteiger partial charge in [-0.1, -0.05) is 25.4 Å². The molecule has 0 radical (unpaired) electrons. The van der Waals surface area contributed by atoms with Gasteiger partial charge in [-0.3, -0.25) is 0 Å². The Bertz CT molecular complexity index is 579. The van der Waals surface area contributed by atoms with Crippen molar-refractivity contribution < 1.29 is 17.5 Å². The van der Waals surface area contributed by atoms with E-state index >= 15 is 0 Å². The number of ether oxygens (including phenoxy) is 1. The Morgan fingerprint density at radius 2 is 2.10 bits per heavy atom. The average Bonchev–Trinajstić information content (AvgIpc) is 2.40. The quantitative estimate of drug-likeness (QED) is 0.709. The minimum Gasteiger partial charge on any atom is -0.380 e. The van der Waals surface area contributed by atoms with Crippen LogP contribution in [0.5, 0.6) is 0 Å². The highest BCUT2D eigenvalue weighted by molar-refractivity contribution is 7.89. The van der Waals surface area contributed by atoms with Crippen LogP contribution >= 0.6 is 11.6 Å². The standard InChI is InChI=1S/C13H20ClFN2O3S/c1-9(2)8-20-4-3-17-21(18,19)11-5-10(7-16)13(14)12(15)6-11/h5-6,9,17H,3-4,7-8,16H2,1-2H3. The molecule has 1 rings (SSSR count). The van der Waals surface area contributed by atoms with Crippen LogP contribution in [-0.4, -0.2) is 28.2 Å². The number of hydrogen-bond donors (Lipinski definition) is 2. The zero-order valence-electron chi connectivity index (χ0n) is 12.0. The second-order valence-corrected chi connectivity index (χ2v) is 7.09. The molecule has 8 heteroatoms. The minimum absolute atomic E-state index is 0.0450. The normalized spacial score (nSPS) is 12.1. The number of sulfonamides is 1. The van der Waals surface area contributed by atoms with E-state index < -0.39 is 15.8 Å². The van der Waals surface area contributed by atoms with Gasteiger partial charge in [0.25, 0.3) is 0 Å². The van der Waals surface area contributed by atoms with Crippen molar-refractivity contribution in [2.75, 3.05) is 19.8 Å². The van der Waals surface area contributed by atoms with Crippen LogP contribution in [0.2, 0.25) is 5.02 Å². The Hall–Kier alpha value is -0.730. The molecule has 0 aliphatic heterocycles. The summed E-state index contributed by atoms with van der Waals surface area (Å²) in [6.45, 7) is 4.85. The van der Waals surface area contributed by atoms with E-state index in [9.17, 15) is 12.8 Å². The van der Waals surface area contributed by atoms with Gasteiger partial charge < -0.3 is 10.5 Å². The molecule has 0 fully saturated rings. The summed E-state index contributed by atoms with van der Waals surface area (Å²) in [6.07, 6.45) is 0. The Morgan fingerprint density at radius 1 is 1.43 bits per heavy atom. The first kappa shape index (κ1) is 18.3. The third-order valence-electron chi connectivity index (χ3n) is 2.60. The van der Waals surface area contributed by atoms with E-state index in [1.54, 1.807) is 0 Å². The molecule has 1 aromatic rings. The predicted molar refractivity (Wildman–Crippen MR) is 80.1 cm³/mol. The van der Waals surface area contributed by atoms with Crippen LogP contribution in [0.1, 0.15) is 19.4 Å². The fraction of sp³-hybridized carbons (Fsp3) is 0.538. The maximum Gasteiger partial charge on any atom is 0.240 e. The summed E-state index contributed by atoms with van der Waals surface area (Å²) >= 11 is 5.70. The van der Waals surface area contributed by atoms with Crippen molar-refractivity contribution in [2.45, 2.75) is 25.3 Å². The van der Waals surface area contributed by atoms with Gasteiger partial charge in [0.2, 0.25) is 10.0 Å². The molecule has 0 bridgehead atoms. The van der Waals surface area contributed by atoms with Crippen molar-refractivity contribution in [1.29, 1.82) is 0 Å². The number of nitrogens with two attached hydrogens (primary N) is 1. The zero-order valence-corrected chi connectivity index (χ0v) is 13.6. The van der Waals surface area contributed by atoms with Gasteiger partial charge in [-0.25, -0.2) is 17.5 Å². The van der Waals surface area contributed by atoms with Crippen LogP contribution in [0.25, 0.3) is 0 Å². The van der Waals surface area contributed by atoms with E-state index in [1.807, 2.05) is 13.8 Å². The van der Waals surface area contributed by atoms with Crippen molar-refractivity contribution >= 4 is 21.6 Å². The molecule has 0 spiro atoms. The summed E-state index contributed by atoms with van der Waals surface area (Å²) in [5.74, 6) is -0.435. The Balaban J connectivity index is 2.72. The first-order valence-electron chi connectivity index (χ1n) is 6.53. The highest BCUT2D eigenvalue weighted by atomic mass is 35.5. The van der Waals surface area contributed by atoms with Gasteiger partial charge >= 0.3 is 0 Å². The molecule has 0 atom stereocenters. The summed E-state index contributed by atoms with van der Waals surface area (Å²) in [5.41, 5.74) is 5.66. The summed E-state index contributed by atoms with van der Waals surface area (Å²) in [7, 11) is -3.82. The number of benzene rings is 1. The molecule has 0 aliphatic rings. The molecule has 3 N–H and O–H groups in total. The molecular weight excluding hydrogens is 319 g/mol.